The molecular formula is C19H17ClN4O2S3. The number of para-hydroxylation sites is 2. The number of hydrogen-bond acceptors (Lipinski definition) is 6. The second-order valence-electron chi connectivity index (χ2n) is 5.95. The predicted octanol–water partition coefficient (Wildman–Crippen LogP) is 4.51. The molecule has 0 aliphatic heterocycles. The molecule has 150 valence electrons. The number of benzene rings is 2. The summed E-state index contributed by atoms with van der Waals surface area (Å²) in [7, 11) is 1.58. The number of amides is 2. The number of aromatic nitrogens is 2. The second kappa shape index (κ2) is 10.0. The zero-order valence-corrected chi connectivity index (χ0v) is 18.6. The van der Waals surface area contributed by atoms with E-state index in [0.717, 1.165) is 5.69 Å². The van der Waals surface area contributed by atoms with E-state index in [1.54, 1.807) is 36.0 Å². The van der Waals surface area contributed by atoms with Crippen molar-refractivity contribution in [2.24, 2.45) is 0 Å². The van der Waals surface area contributed by atoms with E-state index < -0.39 is 0 Å². The molecule has 1 heterocycles. The molecule has 0 aliphatic carbocycles. The van der Waals surface area contributed by atoms with Crippen molar-refractivity contribution in [3.8, 4) is 5.69 Å². The Morgan fingerprint density at radius 3 is 2.62 bits per heavy atom. The summed E-state index contributed by atoms with van der Waals surface area (Å²) < 4.78 is 2.98. The quantitative estimate of drug-likeness (QED) is 0.411. The summed E-state index contributed by atoms with van der Waals surface area (Å²) in [4.78, 5) is 25.9. The lowest BCUT2D eigenvalue weighted by Gasteiger charge is -2.16. The largest absolute Gasteiger partial charge is 0.336 e. The lowest BCUT2D eigenvalue weighted by atomic mass is 10.3. The monoisotopic (exact) mass is 464 g/mol. The van der Waals surface area contributed by atoms with E-state index >= 15 is 0 Å². The maximum atomic E-state index is 12.4. The lowest BCUT2D eigenvalue weighted by molar-refractivity contribution is -0.131. The molecule has 0 atom stereocenters. The molecule has 2 amide bonds. The van der Waals surface area contributed by atoms with Gasteiger partial charge in [-0.1, -0.05) is 65.0 Å². The first-order chi connectivity index (χ1) is 13.9. The molecule has 10 heteroatoms. The summed E-state index contributed by atoms with van der Waals surface area (Å²) in [5.74, 6) is -0.341. The maximum Gasteiger partial charge on any atom is 0.244 e. The topological polar surface area (TPSA) is 67.2 Å². The first-order valence-corrected chi connectivity index (χ1v) is 11.1. The first-order valence-electron chi connectivity index (χ1n) is 8.51. The molecule has 0 bridgehead atoms. The van der Waals surface area contributed by atoms with Crippen molar-refractivity contribution in [2.75, 3.05) is 24.7 Å². The SMILES string of the molecule is CN(CC(=O)Nc1ccccc1Cl)C(=O)CSc1nn(-c2ccccc2)c(=S)s1. The van der Waals surface area contributed by atoms with Crippen LogP contribution in [-0.4, -0.2) is 45.8 Å². The second-order valence-corrected chi connectivity index (χ2v) is 9.20. The number of likely N-dealkylation sites (N-methyl/N-ethyl adjacent to an activating group) is 1. The van der Waals surface area contributed by atoms with Crippen molar-refractivity contribution >= 4 is 64.4 Å². The highest BCUT2D eigenvalue weighted by atomic mass is 35.5. The number of hydrogen-bond donors (Lipinski definition) is 1. The van der Waals surface area contributed by atoms with Gasteiger partial charge in [0.05, 0.1) is 28.7 Å². The smallest absolute Gasteiger partial charge is 0.244 e. The van der Waals surface area contributed by atoms with E-state index in [1.165, 1.54) is 28.0 Å². The Bertz CT molecular complexity index is 1070. The Hall–Kier alpha value is -2.20. The van der Waals surface area contributed by atoms with Crippen molar-refractivity contribution in [1.82, 2.24) is 14.7 Å². The number of carbonyl (C=O) groups excluding carboxylic acids is 2. The summed E-state index contributed by atoms with van der Waals surface area (Å²) in [5.41, 5.74) is 1.39. The van der Waals surface area contributed by atoms with Crippen molar-refractivity contribution in [3.05, 3.63) is 63.6 Å². The van der Waals surface area contributed by atoms with Crippen LogP contribution < -0.4 is 5.32 Å². The average molecular weight is 465 g/mol. The molecule has 6 nitrogen and oxygen atoms in total. The van der Waals surface area contributed by atoms with Gasteiger partial charge in [-0.05, 0) is 36.5 Å². The van der Waals surface area contributed by atoms with Crippen LogP contribution in [-0.2, 0) is 9.59 Å². The van der Waals surface area contributed by atoms with Crippen LogP contribution in [0.1, 0.15) is 0 Å². The number of rotatable bonds is 7. The first kappa shape index (κ1) is 21.5. The van der Waals surface area contributed by atoms with E-state index in [2.05, 4.69) is 10.4 Å². The maximum absolute atomic E-state index is 12.4. The lowest BCUT2D eigenvalue weighted by Crippen LogP contribution is -2.36. The minimum absolute atomic E-state index is 0.0706. The third-order valence-electron chi connectivity index (χ3n) is 3.80. The Kier molecular flexibility index (Phi) is 7.43. The molecule has 0 saturated heterocycles. The van der Waals surface area contributed by atoms with Gasteiger partial charge >= 0.3 is 0 Å². The summed E-state index contributed by atoms with van der Waals surface area (Å²) in [6, 6.07) is 16.5. The van der Waals surface area contributed by atoms with Gasteiger partial charge in [0.2, 0.25) is 11.8 Å². The van der Waals surface area contributed by atoms with Crippen molar-refractivity contribution in [3.63, 3.8) is 0 Å². The van der Waals surface area contributed by atoms with Gasteiger partial charge in [0.15, 0.2) is 8.29 Å². The minimum atomic E-state index is -0.317. The fourth-order valence-corrected chi connectivity index (χ4v) is 4.83. The molecule has 0 fully saturated rings. The molecule has 0 aliphatic rings. The van der Waals surface area contributed by atoms with E-state index in [9.17, 15) is 9.59 Å². The summed E-state index contributed by atoms with van der Waals surface area (Å²) in [5, 5.41) is 7.61. The highest BCUT2D eigenvalue weighted by molar-refractivity contribution is 8.01. The van der Waals surface area contributed by atoms with Gasteiger partial charge < -0.3 is 10.2 Å². The molecule has 0 unspecified atom stereocenters. The van der Waals surface area contributed by atoms with Crippen molar-refractivity contribution in [2.45, 2.75) is 4.34 Å². The predicted molar refractivity (Wildman–Crippen MR) is 121 cm³/mol. The number of anilines is 1. The number of nitrogens with one attached hydrogen (secondary N) is 1. The number of halogens is 1. The Labute approximate surface area is 186 Å². The minimum Gasteiger partial charge on any atom is -0.336 e. The normalized spacial score (nSPS) is 10.6. The van der Waals surface area contributed by atoms with Gasteiger partial charge in [0, 0.05) is 7.05 Å². The van der Waals surface area contributed by atoms with Gasteiger partial charge in [-0.25, -0.2) is 4.68 Å². The van der Waals surface area contributed by atoms with Crippen LogP contribution in [0.4, 0.5) is 5.69 Å². The molecule has 0 spiro atoms. The fourth-order valence-electron chi connectivity index (χ4n) is 2.34. The Morgan fingerprint density at radius 2 is 1.90 bits per heavy atom. The molecule has 1 N–H and O–H groups in total. The van der Waals surface area contributed by atoms with Crippen LogP contribution in [0.2, 0.25) is 5.02 Å². The van der Waals surface area contributed by atoms with Crippen LogP contribution in [0.15, 0.2) is 58.9 Å². The molecule has 0 radical (unpaired) electrons. The van der Waals surface area contributed by atoms with Crippen LogP contribution in [0.3, 0.4) is 0 Å². The van der Waals surface area contributed by atoms with Crippen LogP contribution in [0, 0.1) is 3.95 Å². The fraction of sp³-hybridized carbons (Fsp3) is 0.158. The zero-order valence-electron chi connectivity index (χ0n) is 15.4. The van der Waals surface area contributed by atoms with E-state index in [4.69, 9.17) is 23.8 Å². The third kappa shape index (κ3) is 5.89. The molecular weight excluding hydrogens is 448 g/mol. The number of nitrogens with zero attached hydrogens (tertiary/aromatic N) is 3. The highest BCUT2D eigenvalue weighted by Crippen LogP contribution is 2.24. The summed E-state index contributed by atoms with van der Waals surface area (Å²) in [6.45, 7) is -0.0706. The average Bonchev–Trinajstić information content (AvgIpc) is 3.09. The number of thioether (sulfide) groups is 1. The van der Waals surface area contributed by atoms with Gasteiger partial charge in [-0.15, -0.1) is 5.10 Å². The molecule has 2 aromatic carbocycles. The highest BCUT2D eigenvalue weighted by Gasteiger charge is 2.15. The molecule has 3 rings (SSSR count). The Morgan fingerprint density at radius 1 is 1.21 bits per heavy atom. The zero-order chi connectivity index (χ0) is 20.8. The van der Waals surface area contributed by atoms with Crippen molar-refractivity contribution in [1.29, 1.82) is 0 Å². The number of carbonyl (C=O) groups is 2. The van der Waals surface area contributed by atoms with E-state index in [1.807, 2.05) is 30.3 Å². The summed E-state index contributed by atoms with van der Waals surface area (Å²) in [6.07, 6.45) is 0. The molecule has 29 heavy (non-hydrogen) atoms. The molecule has 3 aromatic rings. The summed E-state index contributed by atoms with van der Waals surface area (Å²) >= 11 is 14.0. The third-order valence-corrected chi connectivity index (χ3v) is 6.48. The van der Waals surface area contributed by atoms with Gasteiger partial charge in [-0.3, -0.25) is 9.59 Å². The molecule has 0 saturated carbocycles. The van der Waals surface area contributed by atoms with E-state index in [0.29, 0.717) is 19.0 Å². The van der Waals surface area contributed by atoms with E-state index in [-0.39, 0.29) is 24.1 Å². The standard InChI is InChI=1S/C19H17ClN4O2S3/c1-23(11-16(25)21-15-10-6-5-9-14(15)20)17(26)12-28-18-22-24(19(27)29-18)13-7-3-2-4-8-13/h2-10H,11-12H2,1H3,(H,21,25). The molecule has 1 aromatic heterocycles. The van der Waals surface area contributed by atoms with Gasteiger partial charge in [0.25, 0.3) is 0 Å². The van der Waals surface area contributed by atoms with Crippen LogP contribution >= 0.6 is 46.9 Å². The van der Waals surface area contributed by atoms with Crippen LogP contribution in [0.5, 0.6) is 0 Å². The van der Waals surface area contributed by atoms with Crippen molar-refractivity contribution < 1.29 is 9.59 Å². The van der Waals surface area contributed by atoms with Gasteiger partial charge in [-0.2, -0.15) is 0 Å². The Balaban J connectivity index is 1.53. The van der Waals surface area contributed by atoms with Gasteiger partial charge in [0.1, 0.15) is 0 Å². The van der Waals surface area contributed by atoms with Crippen LogP contribution in [0.25, 0.3) is 5.69 Å².